The van der Waals surface area contributed by atoms with Crippen LogP contribution in [0.25, 0.3) is 10.9 Å². The predicted octanol–water partition coefficient (Wildman–Crippen LogP) is -2.92. The number of hydrogen-bond donors (Lipinski definition) is 4. The van der Waals surface area contributed by atoms with E-state index in [9.17, 15) is 0 Å². The number of rotatable bonds is 5. The first-order valence-corrected chi connectivity index (χ1v) is 13.7. The lowest BCUT2D eigenvalue weighted by Gasteiger charge is -2.37. The van der Waals surface area contributed by atoms with Gasteiger partial charge >= 0.3 is 11.9 Å². The average Bonchev–Trinajstić information content (AvgIpc) is 3.01. The van der Waals surface area contributed by atoms with E-state index < -0.39 is 23.9 Å². The standard InChI is InChI=1S/C26H31N3O2.2C2H2O4/c1-30-25-14-19-10-13-29(17-21(19)15-26(25)31-2)22-6-5-12-28(18-22)16-20-9-11-27-24-8-4-3-7-23(20)24;2*3-1(4)2(5)6/h3-4,7-9,11,14-15,22H,5-6,10,12-13,16-18H2,1-2H3;2*(H,3,4)(H,5,6). The van der Waals surface area contributed by atoms with E-state index in [0.717, 1.165) is 42.6 Å². The van der Waals surface area contributed by atoms with Crippen molar-refractivity contribution in [2.75, 3.05) is 33.9 Å². The summed E-state index contributed by atoms with van der Waals surface area (Å²) < 4.78 is 11.1. The lowest BCUT2D eigenvalue weighted by atomic mass is 9.95. The zero-order valence-electron chi connectivity index (χ0n) is 24.0. The molecule has 0 aliphatic carbocycles. The second-order valence-corrected chi connectivity index (χ2v) is 10.2. The maximum absolute atomic E-state index is 9.04. The maximum Gasteiger partial charge on any atom is 0.351 e. The molecule has 0 spiro atoms. The van der Waals surface area contributed by atoms with Gasteiger partial charge in [-0.05, 0) is 29.8 Å². The summed E-state index contributed by atoms with van der Waals surface area (Å²) in [5, 5.41) is 33.9. The van der Waals surface area contributed by atoms with Crippen molar-refractivity contribution < 1.29 is 58.9 Å². The van der Waals surface area contributed by atoms with Gasteiger partial charge in [0.1, 0.15) is 25.7 Å². The summed E-state index contributed by atoms with van der Waals surface area (Å²) >= 11 is 0. The van der Waals surface area contributed by atoms with E-state index in [4.69, 9.17) is 49.1 Å². The van der Waals surface area contributed by atoms with Crippen LogP contribution in [-0.2, 0) is 38.7 Å². The van der Waals surface area contributed by atoms with Crippen molar-refractivity contribution in [1.29, 1.82) is 0 Å². The van der Waals surface area contributed by atoms with Crippen LogP contribution in [0.1, 0.15) is 29.5 Å². The van der Waals surface area contributed by atoms with Crippen LogP contribution in [0.2, 0.25) is 0 Å². The van der Waals surface area contributed by atoms with Gasteiger partial charge in [-0.25, -0.2) is 9.59 Å². The number of aliphatic carboxylic acids is 4. The predicted molar refractivity (Wildman–Crippen MR) is 147 cm³/mol. The zero-order chi connectivity index (χ0) is 31.5. The minimum absolute atomic E-state index is 0.720. The molecule has 13 heteroatoms. The van der Waals surface area contributed by atoms with Crippen LogP contribution in [0, 0.1) is 0 Å². The first-order valence-electron chi connectivity index (χ1n) is 13.7. The molecule has 0 saturated carbocycles. The van der Waals surface area contributed by atoms with Crippen LogP contribution in [0.5, 0.6) is 11.5 Å². The number of carboxylic acid groups (broad SMARTS) is 4. The topological polar surface area (TPSA) is 195 Å². The molecule has 1 saturated heterocycles. The average molecular weight is 598 g/mol. The van der Waals surface area contributed by atoms with E-state index in [2.05, 4.69) is 47.4 Å². The van der Waals surface area contributed by atoms with Gasteiger partial charge in [-0.3, -0.25) is 4.98 Å². The van der Waals surface area contributed by atoms with Crippen LogP contribution in [-0.4, -0.2) is 79.0 Å². The number of quaternary nitrogens is 2. The number of ether oxygens (including phenoxy) is 2. The molecular weight excluding hydrogens is 562 g/mol. The van der Waals surface area contributed by atoms with Gasteiger partial charge in [0.2, 0.25) is 0 Å². The molecular formula is C30H35N3O10. The molecule has 3 unspecified atom stereocenters. The van der Waals surface area contributed by atoms with Crippen LogP contribution in [0.4, 0.5) is 0 Å². The van der Waals surface area contributed by atoms with Crippen molar-refractivity contribution in [1.82, 2.24) is 4.98 Å². The van der Waals surface area contributed by atoms with Crippen LogP contribution >= 0.6 is 0 Å². The third kappa shape index (κ3) is 9.12. The minimum Gasteiger partial charge on any atom is -0.539 e. The molecule has 13 nitrogen and oxygen atoms in total. The van der Waals surface area contributed by atoms with Gasteiger partial charge in [-0.2, -0.15) is 0 Å². The largest absolute Gasteiger partial charge is 0.539 e. The molecule has 43 heavy (non-hydrogen) atoms. The third-order valence-electron chi connectivity index (χ3n) is 7.56. The Hall–Kier alpha value is -4.75. The van der Waals surface area contributed by atoms with Crippen molar-refractivity contribution in [3.05, 3.63) is 65.4 Å². The Balaban J connectivity index is 0.000000359. The number of fused-ring (bicyclic) bond motifs is 2. The Morgan fingerprint density at radius 1 is 0.930 bits per heavy atom. The number of pyridine rings is 1. The molecule has 3 aromatic rings. The molecule has 2 aliphatic rings. The van der Waals surface area contributed by atoms with Gasteiger partial charge in [-0.15, -0.1) is 0 Å². The van der Waals surface area contributed by atoms with Crippen molar-refractivity contribution in [2.45, 2.75) is 38.4 Å². The maximum atomic E-state index is 9.04. The minimum atomic E-state index is -2.07. The fraction of sp³-hybridized carbons (Fsp3) is 0.367. The monoisotopic (exact) mass is 597 g/mol. The highest BCUT2D eigenvalue weighted by molar-refractivity contribution is 6.26. The van der Waals surface area contributed by atoms with Gasteiger partial charge in [0, 0.05) is 42.0 Å². The van der Waals surface area contributed by atoms with Crippen molar-refractivity contribution in [2.24, 2.45) is 0 Å². The zero-order valence-corrected chi connectivity index (χ0v) is 24.0. The molecule has 0 amide bonds. The highest BCUT2D eigenvalue weighted by atomic mass is 16.5. The summed E-state index contributed by atoms with van der Waals surface area (Å²) in [6.45, 7) is 5.90. The van der Waals surface area contributed by atoms with Crippen LogP contribution in [0.15, 0.2) is 48.7 Å². The molecule has 1 fully saturated rings. The quantitative estimate of drug-likeness (QED) is 0.220. The normalized spacial score (nSPS) is 18.9. The molecule has 0 radical (unpaired) electrons. The summed E-state index contributed by atoms with van der Waals surface area (Å²) in [5.74, 6) is -6.32. The molecule has 0 bridgehead atoms. The van der Waals surface area contributed by atoms with E-state index in [0.29, 0.717) is 0 Å². The van der Waals surface area contributed by atoms with E-state index >= 15 is 0 Å². The fourth-order valence-corrected chi connectivity index (χ4v) is 5.58. The number of para-hydroxylation sites is 1. The number of carbonyl (C=O) groups excluding carboxylic acids is 2. The SMILES string of the molecule is COc1cc2c(cc1OC)C[NH+](C1CCC[NH+](Cc3ccnc4ccccc34)C1)CC2.O=C([O-])C(=O)O.O=C([O-])C(=O)O. The number of benzene rings is 2. The Morgan fingerprint density at radius 2 is 1.53 bits per heavy atom. The summed E-state index contributed by atoms with van der Waals surface area (Å²) in [7, 11) is 3.44. The number of carbonyl (C=O) groups is 4. The smallest absolute Gasteiger partial charge is 0.351 e. The van der Waals surface area contributed by atoms with Gasteiger partial charge in [0.15, 0.2) is 23.4 Å². The number of methoxy groups -OCH3 is 2. The summed E-state index contributed by atoms with van der Waals surface area (Å²) in [6.07, 6.45) is 5.72. The van der Waals surface area contributed by atoms with Crippen molar-refractivity contribution in [3.8, 4) is 11.5 Å². The number of piperidine rings is 1. The van der Waals surface area contributed by atoms with Crippen LogP contribution in [0.3, 0.4) is 0 Å². The third-order valence-corrected chi connectivity index (χ3v) is 7.56. The number of nitrogens with one attached hydrogen (secondary N) is 2. The second kappa shape index (κ2) is 15.5. The van der Waals surface area contributed by atoms with Gasteiger partial charge in [0.25, 0.3) is 0 Å². The van der Waals surface area contributed by atoms with E-state index in [-0.39, 0.29) is 0 Å². The summed E-state index contributed by atoms with van der Waals surface area (Å²) in [5.41, 5.74) is 5.38. The van der Waals surface area contributed by atoms with Gasteiger partial charge in [0.05, 0.1) is 32.8 Å². The Morgan fingerprint density at radius 3 is 2.14 bits per heavy atom. The summed E-state index contributed by atoms with van der Waals surface area (Å²) in [4.78, 5) is 44.0. The van der Waals surface area contributed by atoms with E-state index in [1.807, 2.05) is 6.20 Å². The van der Waals surface area contributed by atoms with E-state index in [1.54, 1.807) is 24.0 Å². The number of nitrogens with zero attached hydrogens (tertiary/aromatic N) is 1. The Labute approximate surface area is 247 Å². The van der Waals surface area contributed by atoms with Gasteiger partial charge in [-0.1, -0.05) is 18.2 Å². The molecule has 3 heterocycles. The number of likely N-dealkylation sites (tertiary alicyclic amines) is 1. The molecule has 3 atom stereocenters. The molecule has 4 N–H and O–H groups in total. The van der Waals surface area contributed by atoms with Crippen molar-refractivity contribution >= 4 is 34.8 Å². The molecule has 1 aromatic heterocycles. The molecule has 5 rings (SSSR count). The van der Waals surface area contributed by atoms with Crippen LogP contribution < -0.4 is 29.5 Å². The lowest BCUT2D eigenvalue weighted by Crippen LogP contribution is -3.24. The molecule has 230 valence electrons. The molecule has 2 aliphatic heterocycles. The second-order valence-electron chi connectivity index (χ2n) is 10.2. The number of hydrogen-bond acceptors (Lipinski definition) is 9. The summed E-state index contributed by atoms with van der Waals surface area (Å²) in [6, 6.07) is 15.8. The lowest BCUT2D eigenvalue weighted by molar-refractivity contribution is -0.998. The Kier molecular flexibility index (Phi) is 11.8. The highest BCUT2D eigenvalue weighted by Gasteiger charge is 2.34. The highest BCUT2D eigenvalue weighted by Crippen LogP contribution is 2.31. The fourth-order valence-electron chi connectivity index (χ4n) is 5.58. The van der Waals surface area contributed by atoms with E-state index in [1.165, 1.54) is 54.6 Å². The first-order chi connectivity index (χ1) is 20.5. The van der Waals surface area contributed by atoms with Crippen molar-refractivity contribution in [3.63, 3.8) is 0 Å². The molecule has 2 aromatic carbocycles. The number of aromatic nitrogens is 1. The Bertz CT molecular complexity index is 1410. The first kappa shape index (κ1) is 32.8. The van der Waals surface area contributed by atoms with Gasteiger partial charge < -0.3 is 49.3 Å². The number of carboxylic acids is 4.